The van der Waals surface area contributed by atoms with E-state index in [0.29, 0.717) is 5.76 Å². The van der Waals surface area contributed by atoms with Crippen LogP contribution in [0.4, 0.5) is 0 Å². The molecule has 0 saturated carbocycles. The maximum absolute atomic E-state index is 10.4. The first-order chi connectivity index (χ1) is 4.92. The average molecular weight is 158 g/mol. The lowest BCUT2D eigenvalue weighted by Crippen LogP contribution is -2.21. The van der Waals surface area contributed by atoms with Crippen LogP contribution in [0.3, 0.4) is 0 Å². The van der Waals surface area contributed by atoms with Crippen molar-refractivity contribution in [2.24, 2.45) is 0 Å². The minimum Gasteiger partial charge on any atom is -0.475 e. The first-order valence-electron chi connectivity index (χ1n) is 3.24. The number of carbonyl (C=O) groups is 1. The summed E-state index contributed by atoms with van der Waals surface area (Å²) in [6.07, 6.45) is 0. The Bertz CT molecular complexity index is 227. The molecule has 0 unspecified atom stereocenters. The smallest absolute Gasteiger partial charge is 0.374 e. The van der Waals surface area contributed by atoms with Gasteiger partial charge in [0.1, 0.15) is 5.76 Å². The SMILES string of the molecule is CC1=C(C(=O)O)OC(C)(C)O1. The quantitative estimate of drug-likeness (QED) is 0.620. The van der Waals surface area contributed by atoms with Gasteiger partial charge in [-0.25, -0.2) is 4.79 Å². The minimum absolute atomic E-state index is 0.102. The van der Waals surface area contributed by atoms with Crippen molar-refractivity contribution >= 4 is 5.97 Å². The highest BCUT2D eigenvalue weighted by molar-refractivity contribution is 5.85. The van der Waals surface area contributed by atoms with Crippen LogP contribution in [0.2, 0.25) is 0 Å². The van der Waals surface area contributed by atoms with Crippen LogP contribution < -0.4 is 0 Å². The molecule has 0 saturated heterocycles. The molecule has 1 heterocycles. The average Bonchev–Trinajstić information content (AvgIpc) is 2.05. The second-order valence-corrected chi connectivity index (χ2v) is 2.79. The standard InChI is InChI=1S/C7H10O4/c1-4-5(6(8)9)11-7(2,3)10-4/h1-3H3,(H,8,9). The molecule has 1 aliphatic heterocycles. The van der Waals surface area contributed by atoms with Crippen LogP contribution in [-0.4, -0.2) is 16.9 Å². The highest BCUT2D eigenvalue weighted by Crippen LogP contribution is 2.29. The van der Waals surface area contributed by atoms with Gasteiger partial charge in [0.05, 0.1) is 0 Å². The number of hydrogen-bond acceptors (Lipinski definition) is 3. The number of rotatable bonds is 1. The van der Waals surface area contributed by atoms with Crippen molar-refractivity contribution in [1.82, 2.24) is 0 Å². The van der Waals surface area contributed by atoms with Crippen LogP contribution >= 0.6 is 0 Å². The van der Waals surface area contributed by atoms with Crippen molar-refractivity contribution in [3.8, 4) is 0 Å². The zero-order valence-corrected chi connectivity index (χ0v) is 6.67. The highest BCUT2D eigenvalue weighted by atomic mass is 16.7. The van der Waals surface area contributed by atoms with Gasteiger partial charge in [0, 0.05) is 13.8 Å². The van der Waals surface area contributed by atoms with E-state index < -0.39 is 11.8 Å². The third kappa shape index (κ3) is 1.45. The largest absolute Gasteiger partial charge is 0.475 e. The number of hydrogen-bond donors (Lipinski definition) is 1. The van der Waals surface area contributed by atoms with E-state index in [1.807, 2.05) is 0 Å². The number of allylic oxidation sites excluding steroid dienone is 1. The van der Waals surface area contributed by atoms with Crippen LogP contribution in [0.1, 0.15) is 20.8 Å². The zero-order chi connectivity index (χ0) is 8.65. The highest BCUT2D eigenvalue weighted by Gasteiger charge is 2.35. The Morgan fingerprint density at radius 3 is 2.18 bits per heavy atom. The first-order valence-corrected chi connectivity index (χ1v) is 3.24. The van der Waals surface area contributed by atoms with E-state index in [1.165, 1.54) is 0 Å². The van der Waals surface area contributed by atoms with Gasteiger partial charge in [-0.1, -0.05) is 0 Å². The molecular formula is C7H10O4. The summed E-state index contributed by atoms with van der Waals surface area (Å²) < 4.78 is 10.1. The molecular weight excluding hydrogens is 148 g/mol. The minimum atomic E-state index is -1.09. The summed E-state index contributed by atoms with van der Waals surface area (Å²) in [5.74, 6) is -1.71. The second kappa shape index (κ2) is 2.15. The van der Waals surface area contributed by atoms with Crippen molar-refractivity contribution in [3.63, 3.8) is 0 Å². The molecule has 0 fully saturated rings. The molecule has 1 rings (SSSR count). The molecule has 0 atom stereocenters. The molecule has 0 bridgehead atoms. The van der Waals surface area contributed by atoms with Gasteiger partial charge in [0.15, 0.2) is 0 Å². The molecule has 1 N–H and O–H groups in total. The Morgan fingerprint density at radius 2 is 2.00 bits per heavy atom. The Balaban J connectivity index is 2.84. The van der Waals surface area contributed by atoms with Crippen LogP contribution in [0.5, 0.6) is 0 Å². The summed E-state index contributed by atoms with van der Waals surface area (Å²) in [6, 6.07) is 0. The molecule has 0 aromatic heterocycles. The van der Waals surface area contributed by atoms with Crippen LogP contribution in [-0.2, 0) is 14.3 Å². The summed E-state index contributed by atoms with van der Waals surface area (Å²) in [6.45, 7) is 4.89. The molecule has 0 aromatic rings. The third-order valence-corrected chi connectivity index (χ3v) is 1.26. The van der Waals surface area contributed by atoms with Crippen LogP contribution in [0, 0.1) is 0 Å². The molecule has 0 aliphatic carbocycles. The Morgan fingerprint density at radius 1 is 1.45 bits per heavy atom. The van der Waals surface area contributed by atoms with Crippen molar-refractivity contribution in [2.75, 3.05) is 0 Å². The molecule has 0 radical (unpaired) electrons. The number of aliphatic carboxylic acids is 1. The molecule has 1 aliphatic rings. The lowest BCUT2D eigenvalue weighted by atomic mass is 10.4. The Labute approximate surface area is 64.4 Å². The first kappa shape index (κ1) is 7.91. The van der Waals surface area contributed by atoms with Gasteiger partial charge in [0.2, 0.25) is 11.5 Å². The van der Waals surface area contributed by atoms with Crippen molar-refractivity contribution < 1.29 is 19.4 Å². The molecule has 0 aromatic carbocycles. The lowest BCUT2D eigenvalue weighted by Gasteiger charge is -2.17. The fourth-order valence-electron chi connectivity index (χ4n) is 0.948. The summed E-state index contributed by atoms with van der Waals surface area (Å²) in [5, 5.41) is 8.55. The van der Waals surface area contributed by atoms with Crippen molar-refractivity contribution in [3.05, 3.63) is 11.5 Å². The third-order valence-electron chi connectivity index (χ3n) is 1.26. The number of ether oxygens (including phenoxy) is 2. The normalized spacial score (nSPS) is 21.0. The van der Waals surface area contributed by atoms with Crippen LogP contribution in [0.15, 0.2) is 11.5 Å². The summed E-state index contributed by atoms with van der Waals surface area (Å²) >= 11 is 0. The van der Waals surface area contributed by atoms with E-state index in [0.717, 1.165) is 0 Å². The summed E-state index contributed by atoms with van der Waals surface area (Å²) in [5.41, 5.74) is 0. The fraction of sp³-hybridized carbons (Fsp3) is 0.571. The number of carboxylic acids is 1. The molecule has 0 spiro atoms. The monoisotopic (exact) mass is 158 g/mol. The summed E-state index contributed by atoms with van der Waals surface area (Å²) in [7, 11) is 0. The van der Waals surface area contributed by atoms with E-state index in [9.17, 15) is 4.79 Å². The van der Waals surface area contributed by atoms with Gasteiger partial charge >= 0.3 is 5.97 Å². The van der Waals surface area contributed by atoms with E-state index in [-0.39, 0.29) is 5.76 Å². The Hall–Kier alpha value is -1.19. The lowest BCUT2D eigenvalue weighted by molar-refractivity contribution is -0.150. The molecule has 4 heteroatoms. The van der Waals surface area contributed by atoms with Gasteiger partial charge < -0.3 is 14.6 Å². The van der Waals surface area contributed by atoms with E-state index in [1.54, 1.807) is 20.8 Å². The maximum atomic E-state index is 10.4. The topological polar surface area (TPSA) is 55.8 Å². The molecule has 11 heavy (non-hydrogen) atoms. The van der Waals surface area contributed by atoms with E-state index >= 15 is 0 Å². The van der Waals surface area contributed by atoms with Gasteiger partial charge in [-0.3, -0.25) is 0 Å². The van der Waals surface area contributed by atoms with Crippen molar-refractivity contribution in [1.29, 1.82) is 0 Å². The van der Waals surface area contributed by atoms with Gasteiger partial charge in [0.25, 0.3) is 0 Å². The predicted molar refractivity (Wildman–Crippen MR) is 36.6 cm³/mol. The fourth-order valence-corrected chi connectivity index (χ4v) is 0.948. The molecule has 0 amide bonds. The number of carboxylic acid groups (broad SMARTS) is 1. The summed E-state index contributed by atoms with van der Waals surface area (Å²) in [4.78, 5) is 10.4. The maximum Gasteiger partial charge on any atom is 0.374 e. The molecule has 4 nitrogen and oxygen atoms in total. The zero-order valence-electron chi connectivity index (χ0n) is 6.67. The van der Waals surface area contributed by atoms with Gasteiger partial charge in [-0.15, -0.1) is 0 Å². The van der Waals surface area contributed by atoms with Crippen LogP contribution in [0.25, 0.3) is 0 Å². The Kier molecular flexibility index (Phi) is 1.55. The molecule has 62 valence electrons. The van der Waals surface area contributed by atoms with Gasteiger partial charge in [-0.05, 0) is 6.92 Å². The van der Waals surface area contributed by atoms with Crippen molar-refractivity contribution in [2.45, 2.75) is 26.6 Å². The van der Waals surface area contributed by atoms with E-state index in [2.05, 4.69) is 0 Å². The predicted octanol–water partition coefficient (Wildman–Crippen LogP) is 1.09. The second-order valence-electron chi connectivity index (χ2n) is 2.79. The van der Waals surface area contributed by atoms with Gasteiger partial charge in [-0.2, -0.15) is 0 Å². The van der Waals surface area contributed by atoms with E-state index in [4.69, 9.17) is 14.6 Å².